The van der Waals surface area contributed by atoms with Gasteiger partial charge in [0.05, 0.1) is 0 Å². The molecule has 0 aliphatic carbocycles. The van der Waals surface area contributed by atoms with Gasteiger partial charge in [0.15, 0.2) is 0 Å². The first-order valence-electron chi connectivity index (χ1n) is 5.61. The number of nitrogens with two attached hydrogens (primary N) is 1. The van der Waals surface area contributed by atoms with Crippen molar-refractivity contribution >= 4 is 11.6 Å². The Hall–Kier alpha value is -1.39. The van der Waals surface area contributed by atoms with Gasteiger partial charge in [-0.05, 0) is 30.7 Å². The molecule has 0 atom stereocenters. The third-order valence-electron chi connectivity index (χ3n) is 2.62. The second kappa shape index (κ2) is 5.80. The van der Waals surface area contributed by atoms with Crippen molar-refractivity contribution in [2.75, 3.05) is 6.54 Å². The highest BCUT2D eigenvalue weighted by molar-refractivity contribution is 6.30. The lowest BCUT2D eigenvalue weighted by Crippen LogP contribution is -2.10. The summed E-state index contributed by atoms with van der Waals surface area (Å²) in [6.07, 6.45) is 3.45. The maximum Gasteiger partial charge on any atom is 0.134 e. The number of rotatable bonds is 5. The van der Waals surface area contributed by atoms with E-state index in [4.69, 9.17) is 17.3 Å². The molecule has 0 fully saturated rings. The quantitative estimate of drug-likeness (QED) is 0.878. The van der Waals surface area contributed by atoms with Gasteiger partial charge in [0.25, 0.3) is 0 Å². The molecule has 2 aromatic rings. The molecule has 90 valence electrons. The van der Waals surface area contributed by atoms with Crippen molar-refractivity contribution in [1.82, 2.24) is 14.8 Å². The molecule has 0 spiro atoms. The third-order valence-corrected chi connectivity index (χ3v) is 2.87. The average molecular weight is 251 g/mol. The molecule has 1 heterocycles. The van der Waals surface area contributed by atoms with E-state index >= 15 is 0 Å². The summed E-state index contributed by atoms with van der Waals surface area (Å²) < 4.78 is 2.04. The zero-order valence-electron chi connectivity index (χ0n) is 9.51. The predicted molar refractivity (Wildman–Crippen MR) is 67.9 cm³/mol. The van der Waals surface area contributed by atoms with Crippen molar-refractivity contribution in [2.45, 2.75) is 19.4 Å². The average Bonchev–Trinajstić information content (AvgIpc) is 2.77. The molecule has 0 amide bonds. The number of hydrogen-bond acceptors (Lipinski definition) is 3. The van der Waals surface area contributed by atoms with Crippen LogP contribution in [-0.4, -0.2) is 21.3 Å². The molecular weight excluding hydrogens is 236 g/mol. The molecule has 0 aliphatic heterocycles. The number of aromatic nitrogens is 3. The van der Waals surface area contributed by atoms with Crippen LogP contribution in [0.1, 0.15) is 11.4 Å². The fourth-order valence-corrected chi connectivity index (χ4v) is 1.81. The highest BCUT2D eigenvalue weighted by atomic mass is 35.5. The Morgan fingerprint density at radius 1 is 1.18 bits per heavy atom. The number of benzene rings is 1. The molecule has 1 aromatic heterocycles. The van der Waals surface area contributed by atoms with E-state index in [1.54, 1.807) is 6.33 Å². The Labute approximate surface area is 105 Å². The summed E-state index contributed by atoms with van der Waals surface area (Å²) in [4.78, 5) is 0. The maximum absolute atomic E-state index is 5.84. The van der Waals surface area contributed by atoms with E-state index in [9.17, 15) is 0 Å². The molecular formula is C12H15ClN4. The molecule has 0 saturated heterocycles. The van der Waals surface area contributed by atoms with Crippen molar-refractivity contribution in [3.8, 4) is 0 Å². The van der Waals surface area contributed by atoms with E-state index in [-0.39, 0.29) is 0 Å². The first kappa shape index (κ1) is 12.1. The van der Waals surface area contributed by atoms with Crippen LogP contribution in [0.25, 0.3) is 0 Å². The smallest absolute Gasteiger partial charge is 0.134 e. The summed E-state index contributed by atoms with van der Waals surface area (Å²) in [5.41, 5.74) is 6.77. The van der Waals surface area contributed by atoms with Crippen molar-refractivity contribution in [3.63, 3.8) is 0 Å². The summed E-state index contributed by atoms with van der Waals surface area (Å²) >= 11 is 5.84. The van der Waals surface area contributed by atoms with Gasteiger partial charge >= 0.3 is 0 Å². The minimum Gasteiger partial charge on any atom is -0.330 e. The third kappa shape index (κ3) is 3.28. The first-order valence-corrected chi connectivity index (χ1v) is 5.98. The van der Waals surface area contributed by atoms with Crippen LogP contribution in [0.15, 0.2) is 30.6 Å². The van der Waals surface area contributed by atoms with Crippen LogP contribution in [0, 0.1) is 0 Å². The Morgan fingerprint density at radius 2 is 1.94 bits per heavy atom. The lowest BCUT2D eigenvalue weighted by Gasteiger charge is -2.06. The highest BCUT2D eigenvalue weighted by Crippen LogP contribution is 2.10. The number of hydrogen-bond donors (Lipinski definition) is 1. The highest BCUT2D eigenvalue weighted by Gasteiger charge is 2.03. The second-order valence-electron chi connectivity index (χ2n) is 3.86. The van der Waals surface area contributed by atoms with Gasteiger partial charge in [-0.1, -0.05) is 23.7 Å². The SMILES string of the molecule is NCCc1nncn1CCc1ccc(Cl)cc1. The van der Waals surface area contributed by atoms with Gasteiger partial charge in [-0.3, -0.25) is 0 Å². The molecule has 4 nitrogen and oxygen atoms in total. The van der Waals surface area contributed by atoms with E-state index in [1.807, 2.05) is 28.8 Å². The molecule has 0 aliphatic rings. The number of nitrogens with zero attached hydrogens (tertiary/aromatic N) is 3. The fraction of sp³-hybridized carbons (Fsp3) is 0.333. The van der Waals surface area contributed by atoms with Crippen molar-refractivity contribution in [2.24, 2.45) is 5.73 Å². The molecule has 0 saturated carbocycles. The summed E-state index contributed by atoms with van der Waals surface area (Å²) in [5.74, 6) is 0.946. The first-order chi connectivity index (χ1) is 8.29. The van der Waals surface area contributed by atoms with Crippen LogP contribution in [0.4, 0.5) is 0 Å². The topological polar surface area (TPSA) is 56.7 Å². The van der Waals surface area contributed by atoms with Crippen LogP contribution in [0.3, 0.4) is 0 Å². The fourth-order valence-electron chi connectivity index (χ4n) is 1.69. The summed E-state index contributed by atoms with van der Waals surface area (Å²) in [6, 6.07) is 7.89. The molecule has 17 heavy (non-hydrogen) atoms. The van der Waals surface area contributed by atoms with Gasteiger partial charge in [0.1, 0.15) is 12.2 Å². The van der Waals surface area contributed by atoms with Gasteiger partial charge in [-0.15, -0.1) is 10.2 Å². The van der Waals surface area contributed by atoms with Crippen LogP contribution in [-0.2, 0) is 19.4 Å². The van der Waals surface area contributed by atoms with Crippen LogP contribution < -0.4 is 5.73 Å². The Kier molecular flexibility index (Phi) is 4.12. The molecule has 5 heteroatoms. The normalized spacial score (nSPS) is 10.7. The summed E-state index contributed by atoms with van der Waals surface area (Å²) in [7, 11) is 0. The second-order valence-corrected chi connectivity index (χ2v) is 4.29. The largest absolute Gasteiger partial charge is 0.330 e. The Bertz CT molecular complexity index is 464. The van der Waals surface area contributed by atoms with E-state index in [0.717, 1.165) is 30.2 Å². The standard InChI is InChI=1S/C12H15ClN4/c13-11-3-1-10(2-4-11)6-8-17-9-15-16-12(17)5-7-14/h1-4,9H,5-8,14H2. The minimum absolute atomic E-state index is 0.597. The minimum atomic E-state index is 0.597. The summed E-state index contributed by atoms with van der Waals surface area (Å²) in [5, 5.41) is 8.71. The number of halogens is 1. The molecule has 2 rings (SSSR count). The van der Waals surface area contributed by atoms with E-state index < -0.39 is 0 Å². The van der Waals surface area contributed by atoms with E-state index in [2.05, 4.69) is 10.2 Å². The van der Waals surface area contributed by atoms with E-state index in [0.29, 0.717) is 6.54 Å². The van der Waals surface area contributed by atoms with Crippen LogP contribution in [0.5, 0.6) is 0 Å². The maximum atomic E-state index is 5.84. The van der Waals surface area contributed by atoms with Crippen molar-refractivity contribution < 1.29 is 0 Å². The van der Waals surface area contributed by atoms with Crippen LogP contribution in [0.2, 0.25) is 5.02 Å². The lowest BCUT2D eigenvalue weighted by atomic mass is 10.1. The zero-order valence-corrected chi connectivity index (χ0v) is 10.3. The summed E-state index contributed by atoms with van der Waals surface area (Å²) in [6.45, 7) is 1.46. The van der Waals surface area contributed by atoms with E-state index in [1.165, 1.54) is 5.56 Å². The van der Waals surface area contributed by atoms with Gasteiger partial charge < -0.3 is 10.3 Å². The van der Waals surface area contributed by atoms with Crippen molar-refractivity contribution in [1.29, 1.82) is 0 Å². The predicted octanol–water partition coefficient (Wildman–Crippen LogP) is 1.68. The monoisotopic (exact) mass is 250 g/mol. The van der Waals surface area contributed by atoms with Crippen LogP contribution >= 0.6 is 11.6 Å². The molecule has 0 unspecified atom stereocenters. The van der Waals surface area contributed by atoms with Gasteiger partial charge in [-0.25, -0.2) is 0 Å². The lowest BCUT2D eigenvalue weighted by molar-refractivity contribution is 0.648. The molecule has 0 bridgehead atoms. The zero-order chi connectivity index (χ0) is 12.1. The molecule has 2 N–H and O–H groups in total. The Morgan fingerprint density at radius 3 is 2.65 bits per heavy atom. The van der Waals surface area contributed by atoms with Crippen molar-refractivity contribution in [3.05, 3.63) is 47.0 Å². The van der Waals surface area contributed by atoms with Gasteiger partial charge in [0.2, 0.25) is 0 Å². The van der Waals surface area contributed by atoms with Gasteiger partial charge in [0, 0.05) is 18.0 Å². The Balaban J connectivity index is 1.97. The number of aryl methyl sites for hydroxylation is 2. The van der Waals surface area contributed by atoms with Gasteiger partial charge in [-0.2, -0.15) is 0 Å². The molecule has 0 radical (unpaired) electrons. The molecule has 1 aromatic carbocycles.